The Labute approximate surface area is 142 Å². The van der Waals surface area contributed by atoms with Gasteiger partial charge < -0.3 is 20.1 Å². The molecule has 0 unspecified atom stereocenters. The molecule has 0 spiro atoms. The fourth-order valence-electron chi connectivity index (χ4n) is 2.54. The molecule has 0 saturated heterocycles. The van der Waals surface area contributed by atoms with Crippen molar-refractivity contribution in [3.05, 3.63) is 35.4 Å². The number of hydrogen-bond donors (Lipinski definition) is 1. The topological polar surface area (TPSA) is 81.9 Å². The molecule has 0 bridgehead atoms. The summed E-state index contributed by atoms with van der Waals surface area (Å²) in [4.78, 5) is 25.9. The van der Waals surface area contributed by atoms with Crippen molar-refractivity contribution in [3.63, 3.8) is 0 Å². The van der Waals surface area contributed by atoms with Crippen LogP contribution in [0.4, 0.5) is 10.5 Å². The summed E-state index contributed by atoms with van der Waals surface area (Å²) < 4.78 is 10.3. The molecule has 0 fully saturated rings. The number of nitrogen functional groups attached to an aromatic ring is 1. The molecule has 0 aromatic heterocycles. The van der Waals surface area contributed by atoms with Crippen LogP contribution < -0.4 is 5.73 Å². The molecule has 1 heterocycles. The summed E-state index contributed by atoms with van der Waals surface area (Å²) in [7, 11) is 1.34. The molecule has 6 nitrogen and oxygen atoms in total. The first kappa shape index (κ1) is 17.8. The lowest BCUT2D eigenvalue weighted by molar-refractivity contribution is 0.0273. The van der Waals surface area contributed by atoms with Gasteiger partial charge in [-0.3, -0.25) is 0 Å². The van der Waals surface area contributed by atoms with Gasteiger partial charge in [0.2, 0.25) is 0 Å². The van der Waals surface area contributed by atoms with E-state index in [4.69, 9.17) is 15.2 Å². The average Bonchev–Trinajstić information content (AvgIpc) is 2.52. The van der Waals surface area contributed by atoms with Crippen LogP contribution in [-0.4, -0.2) is 42.8 Å². The van der Waals surface area contributed by atoms with E-state index in [0.717, 1.165) is 5.57 Å². The zero-order valence-electron chi connectivity index (χ0n) is 14.6. The fourth-order valence-corrected chi connectivity index (χ4v) is 2.54. The Hall–Kier alpha value is -2.50. The van der Waals surface area contributed by atoms with Crippen molar-refractivity contribution >= 4 is 23.3 Å². The quantitative estimate of drug-likeness (QED) is 0.665. The molecule has 1 aliphatic rings. The molecule has 0 saturated carbocycles. The molecule has 2 N–H and O–H groups in total. The number of rotatable bonds is 2. The maximum absolute atomic E-state index is 12.3. The first-order valence-electron chi connectivity index (χ1n) is 7.86. The third-order valence-electron chi connectivity index (χ3n) is 3.60. The maximum Gasteiger partial charge on any atom is 0.410 e. The third kappa shape index (κ3) is 4.28. The first-order chi connectivity index (χ1) is 11.2. The standard InChI is InChI=1S/C18H24N2O4/c1-18(2,3)24-17(22)20-9-5-6-12(11-20)15-10-13(19)7-8-14(15)16(21)23-4/h6-8,10H,5,9,11,19H2,1-4H3. The van der Waals surface area contributed by atoms with Gasteiger partial charge in [-0.1, -0.05) is 6.08 Å². The SMILES string of the molecule is COC(=O)c1ccc(N)cc1C1=CCCN(C(=O)OC(C)(C)C)C1. The van der Waals surface area contributed by atoms with Gasteiger partial charge in [-0.05, 0) is 56.5 Å². The molecule has 0 radical (unpaired) electrons. The zero-order valence-corrected chi connectivity index (χ0v) is 14.6. The number of hydrogen-bond acceptors (Lipinski definition) is 5. The molecule has 2 rings (SSSR count). The molecule has 1 amide bonds. The van der Waals surface area contributed by atoms with Gasteiger partial charge in [-0.15, -0.1) is 0 Å². The number of carbonyl (C=O) groups excluding carboxylic acids is 2. The van der Waals surface area contributed by atoms with E-state index in [0.29, 0.717) is 36.3 Å². The highest BCUT2D eigenvalue weighted by molar-refractivity contribution is 5.96. The van der Waals surface area contributed by atoms with Gasteiger partial charge in [0.15, 0.2) is 0 Å². The van der Waals surface area contributed by atoms with E-state index in [1.54, 1.807) is 23.1 Å². The van der Waals surface area contributed by atoms with E-state index < -0.39 is 11.6 Å². The van der Waals surface area contributed by atoms with Crippen molar-refractivity contribution in [3.8, 4) is 0 Å². The van der Waals surface area contributed by atoms with Crippen molar-refractivity contribution in [2.75, 3.05) is 25.9 Å². The van der Waals surface area contributed by atoms with Gasteiger partial charge in [0.05, 0.1) is 12.7 Å². The van der Waals surface area contributed by atoms with Crippen LogP contribution in [0.5, 0.6) is 0 Å². The predicted octanol–water partition coefficient (Wildman–Crippen LogP) is 3.08. The Bertz CT molecular complexity index is 674. The van der Waals surface area contributed by atoms with Crippen LogP contribution in [0.1, 0.15) is 43.1 Å². The van der Waals surface area contributed by atoms with Crippen molar-refractivity contribution < 1.29 is 19.1 Å². The van der Waals surface area contributed by atoms with Gasteiger partial charge in [0.25, 0.3) is 0 Å². The second kappa shape index (κ2) is 6.95. The molecule has 24 heavy (non-hydrogen) atoms. The number of anilines is 1. The number of nitrogens with zero attached hydrogens (tertiary/aromatic N) is 1. The summed E-state index contributed by atoms with van der Waals surface area (Å²) in [5.74, 6) is -0.430. The summed E-state index contributed by atoms with van der Waals surface area (Å²) in [5, 5.41) is 0. The first-order valence-corrected chi connectivity index (χ1v) is 7.86. The van der Waals surface area contributed by atoms with Crippen LogP contribution in [0.15, 0.2) is 24.3 Å². The van der Waals surface area contributed by atoms with Crippen molar-refractivity contribution in [2.45, 2.75) is 32.8 Å². The van der Waals surface area contributed by atoms with E-state index in [2.05, 4.69) is 0 Å². The van der Waals surface area contributed by atoms with Crippen LogP contribution in [0.3, 0.4) is 0 Å². The van der Waals surface area contributed by atoms with Gasteiger partial charge in [0.1, 0.15) is 5.60 Å². The second-order valence-corrected chi connectivity index (χ2v) is 6.72. The number of esters is 1. The minimum atomic E-state index is -0.549. The van der Waals surface area contributed by atoms with Crippen LogP contribution >= 0.6 is 0 Å². The molecular formula is C18H24N2O4. The van der Waals surface area contributed by atoms with E-state index >= 15 is 0 Å². The average molecular weight is 332 g/mol. The fraction of sp³-hybridized carbons (Fsp3) is 0.444. The van der Waals surface area contributed by atoms with Crippen molar-refractivity contribution in [2.24, 2.45) is 0 Å². The largest absolute Gasteiger partial charge is 0.465 e. The Kier molecular flexibility index (Phi) is 5.17. The summed E-state index contributed by atoms with van der Waals surface area (Å²) in [5.41, 5.74) is 7.85. The molecule has 130 valence electrons. The smallest absolute Gasteiger partial charge is 0.410 e. The summed E-state index contributed by atoms with van der Waals surface area (Å²) in [6.45, 7) is 6.44. The minimum Gasteiger partial charge on any atom is -0.465 e. The number of methoxy groups -OCH3 is 1. The van der Waals surface area contributed by atoms with E-state index in [-0.39, 0.29) is 6.09 Å². The Morgan fingerprint density at radius 2 is 1.96 bits per heavy atom. The van der Waals surface area contributed by atoms with Crippen LogP contribution in [0.25, 0.3) is 5.57 Å². The highest BCUT2D eigenvalue weighted by atomic mass is 16.6. The lowest BCUT2D eigenvalue weighted by Gasteiger charge is -2.30. The van der Waals surface area contributed by atoms with Gasteiger partial charge in [-0.25, -0.2) is 9.59 Å². The van der Waals surface area contributed by atoms with Gasteiger partial charge in [0, 0.05) is 18.8 Å². The monoisotopic (exact) mass is 332 g/mol. The van der Waals surface area contributed by atoms with E-state index in [1.807, 2.05) is 26.8 Å². The number of benzene rings is 1. The Morgan fingerprint density at radius 1 is 1.25 bits per heavy atom. The number of carbonyl (C=O) groups is 2. The number of nitrogens with two attached hydrogens (primary N) is 1. The molecule has 6 heteroatoms. The summed E-state index contributed by atoms with van der Waals surface area (Å²) in [6, 6.07) is 5.03. The number of amides is 1. The van der Waals surface area contributed by atoms with Crippen molar-refractivity contribution in [1.29, 1.82) is 0 Å². The molecule has 1 aliphatic heterocycles. The minimum absolute atomic E-state index is 0.363. The van der Waals surface area contributed by atoms with Crippen LogP contribution in [0, 0.1) is 0 Å². The predicted molar refractivity (Wildman–Crippen MR) is 92.6 cm³/mol. The highest BCUT2D eigenvalue weighted by Crippen LogP contribution is 2.27. The Morgan fingerprint density at radius 3 is 2.58 bits per heavy atom. The molecule has 1 aromatic carbocycles. The summed E-state index contributed by atoms with van der Waals surface area (Å²) in [6.07, 6.45) is 2.34. The molecule has 0 aliphatic carbocycles. The molecule has 0 atom stereocenters. The van der Waals surface area contributed by atoms with Gasteiger partial charge in [-0.2, -0.15) is 0 Å². The van der Waals surface area contributed by atoms with Gasteiger partial charge >= 0.3 is 12.1 Å². The maximum atomic E-state index is 12.3. The summed E-state index contributed by atoms with van der Waals surface area (Å²) >= 11 is 0. The normalized spacial score (nSPS) is 14.8. The van der Waals surface area contributed by atoms with E-state index in [1.165, 1.54) is 7.11 Å². The molecule has 1 aromatic rings. The zero-order chi connectivity index (χ0) is 17.9. The van der Waals surface area contributed by atoms with Crippen molar-refractivity contribution in [1.82, 2.24) is 4.90 Å². The van der Waals surface area contributed by atoms with Crippen LogP contribution in [-0.2, 0) is 9.47 Å². The second-order valence-electron chi connectivity index (χ2n) is 6.72. The molecular weight excluding hydrogens is 308 g/mol. The lowest BCUT2D eigenvalue weighted by atomic mass is 9.95. The third-order valence-corrected chi connectivity index (χ3v) is 3.60. The van der Waals surface area contributed by atoms with E-state index in [9.17, 15) is 9.59 Å². The lowest BCUT2D eigenvalue weighted by Crippen LogP contribution is -2.39. The number of ether oxygens (including phenoxy) is 2. The highest BCUT2D eigenvalue weighted by Gasteiger charge is 2.26. The van der Waals surface area contributed by atoms with Crippen LogP contribution in [0.2, 0.25) is 0 Å². The Balaban J connectivity index is 2.27.